The summed E-state index contributed by atoms with van der Waals surface area (Å²) in [6.45, 7) is 7.72. The molecule has 1 saturated carbocycles. The lowest BCUT2D eigenvalue weighted by molar-refractivity contribution is -0.128. The number of hydrogen-bond acceptors (Lipinski definition) is 5. The van der Waals surface area contributed by atoms with E-state index in [0.29, 0.717) is 12.6 Å². The Labute approximate surface area is 187 Å². The van der Waals surface area contributed by atoms with Crippen LogP contribution in [0.5, 0.6) is 0 Å². The van der Waals surface area contributed by atoms with Gasteiger partial charge in [-0.1, -0.05) is 25.3 Å². The van der Waals surface area contributed by atoms with Crippen LogP contribution in [0.3, 0.4) is 0 Å². The molecule has 6 nitrogen and oxygen atoms in total. The number of aryl methyl sites for hydroxylation is 1. The highest BCUT2D eigenvalue weighted by atomic mass is 16.3. The molecule has 0 aromatic carbocycles. The van der Waals surface area contributed by atoms with Gasteiger partial charge in [-0.15, -0.1) is 0 Å². The molecule has 2 saturated heterocycles. The lowest BCUT2D eigenvalue weighted by atomic mass is 9.84. The number of piperidine rings is 2. The minimum absolute atomic E-state index is 0.107. The highest BCUT2D eigenvalue weighted by molar-refractivity contribution is 5.78. The fourth-order valence-corrected chi connectivity index (χ4v) is 5.67. The van der Waals surface area contributed by atoms with Crippen LogP contribution in [0.4, 0.5) is 0 Å². The first kappa shape index (κ1) is 22.7. The summed E-state index contributed by atoms with van der Waals surface area (Å²) in [6.07, 6.45) is 9.29. The van der Waals surface area contributed by atoms with E-state index >= 15 is 0 Å². The Morgan fingerprint density at radius 2 is 1.81 bits per heavy atom. The molecular weight excluding hydrogens is 388 g/mol. The van der Waals surface area contributed by atoms with Gasteiger partial charge < -0.3 is 15.3 Å². The second kappa shape index (κ2) is 10.4. The molecule has 3 aliphatic rings. The molecule has 0 atom stereocenters. The minimum Gasteiger partial charge on any atom is -0.388 e. The van der Waals surface area contributed by atoms with Crippen LogP contribution >= 0.6 is 0 Å². The summed E-state index contributed by atoms with van der Waals surface area (Å²) in [6, 6.07) is 6.92. The smallest absolute Gasteiger partial charge is 0.223 e. The maximum Gasteiger partial charge on any atom is 0.223 e. The van der Waals surface area contributed by atoms with Crippen molar-refractivity contribution in [3.05, 3.63) is 29.6 Å². The van der Waals surface area contributed by atoms with Crippen LogP contribution in [-0.4, -0.2) is 70.2 Å². The van der Waals surface area contributed by atoms with Gasteiger partial charge in [0.2, 0.25) is 5.91 Å². The third-order valence-electron chi connectivity index (χ3n) is 7.68. The van der Waals surface area contributed by atoms with Crippen LogP contribution in [0.15, 0.2) is 18.2 Å². The third-order valence-corrected chi connectivity index (χ3v) is 7.68. The second-order valence-corrected chi connectivity index (χ2v) is 10.1. The fourth-order valence-electron chi connectivity index (χ4n) is 5.67. The molecule has 1 amide bonds. The Hall–Kier alpha value is -1.50. The topological polar surface area (TPSA) is 68.7 Å². The molecule has 1 aromatic heterocycles. The summed E-state index contributed by atoms with van der Waals surface area (Å²) < 4.78 is 0. The molecule has 3 fully saturated rings. The average Bonchev–Trinajstić information content (AvgIpc) is 2.79. The molecule has 172 valence electrons. The molecule has 1 aliphatic carbocycles. The monoisotopic (exact) mass is 428 g/mol. The number of aromatic nitrogens is 1. The zero-order valence-corrected chi connectivity index (χ0v) is 19.2. The summed E-state index contributed by atoms with van der Waals surface area (Å²) in [5.74, 6) is 0.259. The van der Waals surface area contributed by atoms with Crippen molar-refractivity contribution in [1.29, 1.82) is 0 Å². The van der Waals surface area contributed by atoms with Crippen molar-refractivity contribution in [2.45, 2.75) is 82.9 Å². The Bertz CT molecular complexity index is 718. The van der Waals surface area contributed by atoms with Gasteiger partial charge >= 0.3 is 0 Å². The van der Waals surface area contributed by atoms with E-state index in [4.69, 9.17) is 0 Å². The van der Waals surface area contributed by atoms with E-state index in [-0.39, 0.29) is 11.8 Å². The first-order valence-corrected chi connectivity index (χ1v) is 12.4. The zero-order valence-electron chi connectivity index (χ0n) is 19.2. The molecule has 4 rings (SSSR count). The summed E-state index contributed by atoms with van der Waals surface area (Å²) in [5.41, 5.74) is 1.59. The maximum absolute atomic E-state index is 12.7. The van der Waals surface area contributed by atoms with Crippen LogP contribution < -0.4 is 5.32 Å². The van der Waals surface area contributed by atoms with Crippen LogP contribution in [0, 0.1) is 12.8 Å². The van der Waals surface area contributed by atoms with Crippen molar-refractivity contribution >= 4 is 5.91 Å². The van der Waals surface area contributed by atoms with Crippen LogP contribution in [0.1, 0.15) is 69.2 Å². The lowest BCUT2D eigenvalue weighted by Gasteiger charge is -2.41. The molecule has 0 radical (unpaired) electrons. The number of aliphatic hydroxyl groups is 1. The van der Waals surface area contributed by atoms with E-state index in [2.05, 4.69) is 45.2 Å². The van der Waals surface area contributed by atoms with Gasteiger partial charge in [0.05, 0.1) is 11.3 Å². The summed E-state index contributed by atoms with van der Waals surface area (Å²) in [5, 5.41) is 13.7. The van der Waals surface area contributed by atoms with Gasteiger partial charge in [-0.05, 0) is 70.7 Å². The number of pyridine rings is 1. The summed E-state index contributed by atoms with van der Waals surface area (Å²) in [4.78, 5) is 22.4. The Kier molecular flexibility index (Phi) is 7.62. The molecule has 2 N–H and O–H groups in total. The predicted molar refractivity (Wildman–Crippen MR) is 123 cm³/mol. The standard InChI is InChI=1S/C25H40N4O2/c1-20-6-5-7-22(27-20)18-28-14-10-23(11-15-28)29-16-8-21(9-17-29)24(30)26-19-25(31)12-3-2-4-13-25/h5-7,21,23,31H,2-4,8-19H2,1H3,(H,26,30). The zero-order chi connectivity index (χ0) is 21.7. The fraction of sp³-hybridized carbons (Fsp3) is 0.760. The molecule has 0 unspecified atom stereocenters. The minimum atomic E-state index is -0.670. The number of nitrogens with zero attached hydrogens (tertiary/aromatic N) is 3. The Morgan fingerprint density at radius 1 is 1.10 bits per heavy atom. The predicted octanol–water partition coefficient (Wildman–Crippen LogP) is 2.88. The number of hydrogen-bond donors (Lipinski definition) is 2. The Morgan fingerprint density at radius 3 is 2.48 bits per heavy atom. The third kappa shape index (κ3) is 6.27. The number of likely N-dealkylation sites (tertiary alicyclic amines) is 2. The normalized spacial score (nSPS) is 24.2. The summed E-state index contributed by atoms with van der Waals surface area (Å²) in [7, 11) is 0. The van der Waals surface area contributed by atoms with Gasteiger partial charge in [0, 0.05) is 43.8 Å². The van der Waals surface area contributed by atoms with Crippen LogP contribution in [-0.2, 0) is 11.3 Å². The van der Waals surface area contributed by atoms with Gasteiger partial charge in [-0.3, -0.25) is 14.7 Å². The number of nitrogens with one attached hydrogen (secondary N) is 1. The Balaban J connectivity index is 1.16. The average molecular weight is 429 g/mol. The van der Waals surface area contributed by atoms with Crippen molar-refractivity contribution in [2.75, 3.05) is 32.7 Å². The van der Waals surface area contributed by atoms with Crippen molar-refractivity contribution in [2.24, 2.45) is 5.92 Å². The molecule has 3 heterocycles. The molecular formula is C25H40N4O2. The number of carbonyl (C=O) groups is 1. The van der Waals surface area contributed by atoms with Crippen LogP contribution in [0.25, 0.3) is 0 Å². The van der Waals surface area contributed by atoms with E-state index in [1.165, 1.54) is 25.0 Å². The molecule has 0 spiro atoms. The van der Waals surface area contributed by atoms with Gasteiger partial charge in [0.25, 0.3) is 0 Å². The number of rotatable bonds is 6. The molecule has 31 heavy (non-hydrogen) atoms. The van der Waals surface area contributed by atoms with Crippen molar-refractivity contribution < 1.29 is 9.90 Å². The molecule has 1 aromatic rings. The summed E-state index contributed by atoms with van der Waals surface area (Å²) >= 11 is 0. The molecule has 6 heteroatoms. The largest absolute Gasteiger partial charge is 0.388 e. The molecule has 2 aliphatic heterocycles. The van der Waals surface area contributed by atoms with Gasteiger partial charge in [0.1, 0.15) is 0 Å². The van der Waals surface area contributed by atoms with E-state index in [1.807, 2.05) is 0 Å². The van der Waals surface area contributed by atoms with Crippen molar-refractivity contribution in [3.63, 3.8) is 0 Å². The van der Waals surface area contributed by atoms with E-state index in [9.17, 15) is 9.90 Å². The SMILES string of the molecule is Cc1cccc(CN2CCC(N3CCC(C(=O)NCC4(O)CCCCC4)CC3)CC2)n1. The van der Waals surface area contributed by atoms with E-state index < -0.39 is 5.60 Å². The van der Waals surface area contributed by atoms with Crippen molar-refractivity contribution in [3.8, 4) is 0 Å². The van der Waals surface area contributed by atoms with Gasteiger partial charge in [-0.25, -0.2) is 0 Å². The number of amides is 1. The second-order valence-electron chi connectivity index (χ2n) is 10.1. The first-order valence-electron chi connectivity index (χ1n) is 12.4. The van der Waals surface area contributed by atoms with Gasteiger partial charge in [-0.2, -0.15) is 0 Å². The van der Waals surface area contributed by atoms with Gasteiger partial charge in [0.15, 0.2) is 0 Å². The highest BCUT2D eigenvalue weighted by Gasteiger charge is 2.33. The number of carbonyl (C=O) groups excluding carboxylic acids is 1. The highest BCUT2D eigenvalue weighted by Crippen LogP contribution is 2.28. The van der Waals surface area contributed by atoms with Crippen LogP contribution in [0.2, 0.25) is 0 Å². The van der Waals surface area contributed by atoms with E-state index in [1.54, 1.807) is 0 Å². The van der Waals surface area contributed by atoms with E-state index in [0.717, 1.165) is 76.9 Å². The first-order chi connectivity index (χ1) is 15.0. The maximum atomic E-state index is 12.7. The molecule has 0 bridgehead atoms. The lowest BCUT2D eigenvalue weighted by Crippen LogP contribution is -2.50. The quantitative estimate of drug-likeness (QED) is 0.729. The van der Waals surface area contributed by atoms with Crippen molar-refractivity contribution in [1.82, 2.24) is 20.1 Å².